The van der Waals surface area contributed by atoms with Gasteiger partial charge >= 0.3 is 0 Å². The standard InChI is InChI=1S/C20H19N7OS/c1-13(29-20-24-22-12-26(20)2)14-6-5-7-15(10-14)27-23-11-18(25-27)16-8-3-4-9-17(16)19(21)28/h3-13H,1-2H3,(H2,21,28)/t13-/m0/s1. The summed E-state index contributed by atoms with van der Waals surface area (Å²) in [6, 6.07) is 15.1. The molecular formula is C20H19N7OS. The van der Waals surface area contributed by atoms with Crippen molar-refractivity contribution in [1.82, 2.24) is 29.8 Å². The van der Waals surface area contributed by atoms with Crippen molar-refractivity contribution in [3.63, 3.8) is 0 Å². The van der Waals surface area contributed by atoms with E-state index < -0.39 is 5.91 Å². The number of amides is 1. The number of aromatic nitrogens is 6. The quantitative estimate of drug-likeness (QED) is 0.495. The van der Waals surface area contributed by atoms with Crippen LogP contribution in [-0.4, -0.2) is 35.7 Å². The molecule has 8 nitrogen and oxygen atoms in total. The van der Waals surface area contributed by atoms with Crippen molar-refractivity contribution < 1.29 is 4.79 Å². The van der Waals surface area contributed by atoms with Gasteiger partial charge in [0.25, 0.3) is 0 Å². The Morgan fingerprint density at radius 1 is 1.17 bits per heavy atom. The van der Waals surface area contributed by atoms with E-state index in [4.69, 9.17) is 5.73 Å². The largest absolute Gasteiger partial charge is 0.366 e. The first kappa shape index (κ1) is 18.9. The molecule has 2 heterocycles. The minimum atomic E-state index is -0.494. The summed E-state index contributed by atoms with van der Waals surface area (Å²) in [4.78, 5) is 13.3. The highest BCUT2D eigenvalue weighted by Gasteiger charge is 2.15. The molecule has 2 aromatic carbocycles. The van der Waals surface area contributed by atoms with Crippen LogP contribution in [0.3, 0.4) is 0 Å². The lowest BCUT2D eigenvalue weighted by Crippen LogP contribution is -2.12. The third-order valence-electron chi connectivity index (χ3n) is 4.48. The van der Waals surface area contributed by atoms with Crippen molar-refractivity contribution in [2.75, 3.05) is 0 Å². The van der Waals surface area contributed by atoms with E-state index in [2.05, 4.69) is 33.4 Å². The maximum atomic E-state index is 11.7. The zero-order valence-corrected chi connectivity index (χ0v) is 16.7. The molecule has 0 radical (unpaired) electrons. The third-order valence-corrected chi connectivity index (χ3v) is 5.69. The molecule has 0 aliphatic heterocycles. The van der Waals surface area contributed by atoms with Gasteiger partial charge in [0, 0.05) is 23.4 Å². The fraction of sp³-hybridized carbons (Fsp3) is 0.150. The molecular weight excluding hydrogens is 386 g/mol. The van der Waals surface area contributed by atoms with Gasteiger partial charge in [0.05, 0.1) is 11.9 Å². The van der Waals surface area contributed by atoms with Crippen LogP contribution in [0.5, 0.6) is 0 Å². The molecule has 4 aromatic rings. The Kier molecular flexibility index (Phi) is 5.13. The van der Waals surface area contributed by atoms with Crippen molar-refractivity contribution in [1.29, 1.82) is 0 Å². The Morgan fingerprint density at radius 2 is 2.00 bits per heavy atom. The van der Waals surface area contributed by atoms with E-state index >= 15 is 0 Å². The number of thioether (sulfide) groups is 1. The molecule has 0 unspecified atom stereocenters. The number of rotatable bonds is 6. The minimum absolute atomic E-state index is 0.170. The van der Waals surface area contributed by atoms with Crippen LogP contribution in [-0.2, 0) is 7.05 Å². The maximum absolute atomic E-state index is 11.7. The number of hydrogen-bond acceptors (Lipinski definition) is 6. The van der Waals surface area contributed by atoms with Gasteiger partial charge in [-0.2, -0.15) is 9.90 Å². The molecule has 0 bridgehead atoms. The van der Waals surface area contributed by atoms with E-state index in [-0.39, 0.29) is 5.25 Å². The van der Waals surface area contributed by atoms with E-state index in [1.807, 2.05) is 41.9 Å². The highest BCUT2D eigenvalue weighted by molar-refractivity contribution is 7.99. The van der Waals surface area contributed by atoms with Crippen LogP contribution in [0.25, 0.3) is 16.9 Å². The van der Waals surface area contributed by atoms with Crippen molar-refractivity contribution in [3.8, 4) is 16.9 Å². The van der Waals surface area contributed by atoms with Crippen LogP contribution in [0.2, 0.25) is 0 Å². The molecule has 1 amide bonds. The summed E-state index contributed by atoms with van der Waals surface area (Å²) in [5.41, 5.74) is 9.10. The number of carbonyl (C=O) groups is 1. The minimum Gasteiger partial charge on any atom is -0.366 e. The second-order valence-corrected chi connectivity index (χ2v) is 7.82. The SMILES string of the molecule is C[C@H](Sc1nncn1C)c1cccc(-n2ncc(-c3ccccc3C(N)=O)n2)c1. The van der Waals surface area contributed by atoms with Crippen LogP contribution in [0.15, 0.2) is 66.2 Å². The molecule has 2 aromatic heterocycles. The number of aryl methyl sites for hydroxylation is 1. The van der Waals surface area contributed by atoms with E-state index in [1.54, 1.807) is 41.2 Å². The molecule has 0 fully saturated rings. The lowest BCUT2D eigenvalue weighted by Gasteiger charge is -2.12. The Balaban J connectivity index is 1.61. The maximum Gasteiger partial charge on any atom is 0.249 e. The fourth-order valence-electron chi connectivity index (χ4n) is 2.94. The number of carbonyl (C=O) groups excluding carboxylic acids is 1. The predicted octanol–water partition coefficient (Wildman–Crippen LogP) is 3.01. The summed E-state index contributed by atoms with van der Waals surface area (Å²) in [7, 11) is 1.92. The Bertz CT molecular complexity index is 1170. The summed E-state index contributed by atoms with van der Waals surface area (Å²) in [6.07, 6.45) is 3.32. The number of nitrogens with zero attached hydrogens (tertiary/aromatic N) is 6. The van der Waals surface area contributed by atoms with Crippen LogP contribution >= 0.6 is 11.8 Å². The molecule has 2 N–H and O–H groups in total. The monoisotopic (exact) mass is 405 g/mol. The molecule has 0 spiro atoms. The topological polar surface area (TPSA) is 105 Å². The van der Waals surface area contributed by atoms with Gasteiger partial charge in [-0.3, -0.25) is 4.79 Å². The van der Waals surface area contributed by atoms with Gasteiger partial charge in [-0.1, -0.05) is 42.1 Å². The van der Waals surface area contributed by atoms with E-state index in [1.165, 1.54) is 0 Å². The Morgan fingerprint density at radius 3 is 2.76 bits per heavy atom. The average molecular weight is 405 g/mol. The van der Waals surface area contributed by atoms with Crippen molar-refractivity contribution in [2.45, 2.75) is 17.3 Å². The number of nitrogens with two attached hydrogens (primary N) is 1. The average Bonchev–Trinajstić information content (AvgIpc) is 3.38. The predicted molar refractivity (Wildman–Crippen MR) is 111 cm³/mol. The fourth-order valence-corrected chi connectivity index (χ4v) is 3.85. The van der Waals surface area contributed by atoms with E-state index in [9.17, 15) is 4.79 Å². The lowest BCUT2D eigenvalue weighted by molar-refractivity contribution is 0.100. The Hall–Kier alpha value is -3.46. The zero-order valence-electron chi connectivity index (χ0n) is 15.9. The first-order valence-corrected chi connectivity index (χ1v) is 9.83. The van der Waals surface area contributed by atoms with Crippen LogP contribution in [0.4, 0.5) is 0 Å². The van der Waals surface area contributed by atoms with Crippen molar-refractivity contribution in [2.24, 2.45) is 12.8 Å². The Labute approximate surface area is 171 Å². The van der Waals surface area contributed by atoms with Gasteiger partial charge in [-0.15, -0.1) is 15.3 Å². The molecule has 29 heavy (non-hydrogen) atoms. The summed E-state index contributed by atoms with van der Waals surface area (Å²) < 4.78 is 1.89. The van der Waals surface area contributed by atoms with Crippen LogP contribution < -0.4 is 5.73 Å². The second-order valence-electron chi connectivity index (χ2n) is 6.51. The van der Waals surface area contributed by atoms with Gasteiger partial charge < -0.3 is 10.3 Å². The summed E-state index contributed by atoms with van der Waals surface area (Å²) in [6.45, 7) is 2.11. The highest BCUT2D eigenvalue weighted by Crippen LogP contribution is 2.33. The smallest absolute Gasteiger partial charge is 0.249 e. The van der Waals surface area contributed by atoms with Gasteiger partial charge in [-0.05, 0) is 30.7 Å². The lowest BCUT2D eigenvalue weighted by atomic mass is 10.1. The first-order valence-electron chi connectivity index (χ1n) is 8.95. The summed E-state index contributed by atoms with van der Waals surface area (Å²) >= 11 is 1.63. The normalized spacial score (nSPS) is 12.1. The molecule has 4 rings (SSSR count). The van der Waals surface area contributed by atoms with Gasteiger partial charge in [0.15, 0.2) is 5.16 Å². The van der Waals surface area contributed by atoms with Gasteiger partial charge in [0.2, 0.25) is 5.91 Å². The first-order chi connectivity index (χ1) is 14.0. The number of hydrogen-bond donors (Lipinski definition) is 1. The van der Waals surface area contributed by atoms with Gasteiger partial charge in [0.1, 0.15) is 12.0 Å². The summed E-state index contributed by atoms with van der Waals surface area (Å²) in [5.74, 6) is -0.494. The molecule has 0 saturated carbocycles. The third kappa shape index (κ3) is 3.90. The van der Waals surface area contributed by atoms with Crippen molar-refractivity contribution >= 4 is 17.7 Å². The molecule has 146 valence electrons. The molecule has 0 aliphatic rings. The second kappa shape index (κ2) is 7.88. The summed E-state index contributed by atoms with van der Waals surface area (Å²) in [5, 5.41) is 18.0. The zero-order chi connectivity index (χ0) is 20.4. The highest BCUT2D eigenvalue weighted by atomic mass is 32.2. The number of benzene rings is 2. The van der Waals surface area contributed by atoms with Crippen LogP contribution in [0.1, 0.15) is 28.1 Å². The molecule has 9 heteroatoms. The van der Waals surface area contributed by atoms with E-state index in [0.29, 0.717) is 16.8 Å². The molecule has 1 atom stereocenters. The van der Waals surface area contributed by atoms with Crippen LogP contribution in [0, 0.1) is 0 Å². The molecule has 0 aliphatic carbocycles. The van der Waals surface area contributed by atoms with Crippen molar-refractivity contribution in [3.05, 3.63) is 72.2 Å². The van der Waals surface area contributed by atoms with Gasteiger partial charge in [-0.25, -0.2) is 0 Å². The number of primary amides is 1. The van der Waals surface area contributed by atoms with E-state index in [0.717, 1.165) is 16.4 Å². The molecule has 0 saturated heterocycles.